The minimum Gasteiger partial charge on any atom is -0.391 e. The molecule has 1 N–H and O–H groups in total. The first kappa shape index (κ1) is 22.5. The second-order valence-electron chi connectivity index (χ2n) is 8.57. The van der Waals surface area contributed by atoms with Crippen LogP contribution in [0.3, 0.4) is 0 Å². The molecule has 0 unspecified atom stereocenters. The van der Waals surface area contributed by atoms with Gasteiger partial charge in [-0.2, -0.15) is 0 Å². The first-order valence-corrected chi connectivity index (χ1v) is 10.9. The minimum absolute atomic E-state index is 0.0471. The summed E-state index contributed by atoms with van der Waals surface area (Å²) in [6.07, 6.45) is 0.187. The maximum absolute atomic E-state index is 13.0. The van der Waals surface area contributed by atoms with Gasteiger partial charge in [-0.1, -0.05) is 62.4 Å². The maximum atomic E-state index is 13.0. The molecule has 2 aromatic carbocycles. The fourth-order valence-corrected chi connectivity index (χ4v) is 4.00. The van der Waals surface area contributed by atoms with Gasteiger partial charge in [-0.05, 0) is 30.0 Å². The number of aliphatic hydroxyl groups excluding tert-OH is 1. The topological polar surface area (TPSA) is 53.0 Å². The van der Waals surface area contributed by atoms with Crippen molar-refractivity contribution < 1.29 is 14.6 Å². The third-order valence-corrected chi connectivity index (χ3v) is 5.32. The number of hydrogen-bond acceptors (Lipinski definition) is 4. The lowest BCUT2D eigenvalue weighted by Crippen LogP contribution is -2.51. The summed E-state index contributed by atoms with van der Waals surface area (Å²) in [4.78, 5) is 17.2. The molecule has 5 nitrogen and oxygen atoms in total. The van der Waals surface area contributed by atoms with Crippen molar-refractivity contribution in [3.63, 3.8) is 0 Å². The second kappa shape index (κ2) is 11.3. The molecule has 1 amide bonds. The van der Waals surface area contributed by atoms with Crippen molar-refractivity contribution >= 4 is 5.91 Å². The van der Waals surface area contributed by atoms with Crippen LogP contribution in [0.5, 0.6) is 0 Å². The van der Waals surface area contributed by atoms with E-state index in [0.717, 1.165) is 18.7 Å². The molecule has 0 aliphatic carbocycles. The Morgan fingerprint density at radius 3 is 2.47 bits per heavy atom. The monoisotopic (exact) mass is 410 g/mol. The molecule has 0 saturated carbocycles. The Labute approximate surface area is 180 Å². The van der Waals surface area contributed by atoms with Gasteiger partial charge in [0.25, 0.3) is 5.91 Å². The van der Waals surface area contributed by atoms with Crippen molar-refractivity contribution in [3.8, 4) is 0 Å². The van der Waals surface area contributed by atoms with Gasteiger partial charge < -0.3 is 14.7 Å². The van der Waals surface area contributed by atoms with Crippen LogP contribution >= 0.6 is 0 Å². The Bertz CT molecular complexity index is 766. The largest absolute Gasteiger partial charge is 0.391 e. The van der Waals surface area contributed by atoms with Crippen LogP contribution in [-0.2, 0) is 11.2 Å². The van der Waals surface area contributed by atoms with E-state index < -0.39 is 6.10 Å². The summed E-state index contributed by atoms with van der Waals surface area (Å²) in [5.74, 6) is 0.430. The summed E-state index contributed by atoms with van der Waals surface area (Å²) < 4.78 is 5.99. The highest BCUT2D eigenvalue weighted by Crippen LogP contribution is 2.14. The molecule has 2 aromatic rings. The zero-order chi connectivity index (χ0) is 21.3. The van der Waals surface area contributed by atoms with E-state index in [1.807, 2.05) is 65.6 Å². The van der Waals surface area contributed by atoms with Crippen LogP contribution in [0.4, 0.5) is 0 Å². The zero-order valence-electron chi connectivity index (χ0n) is 18.1. The van der Waals surface area contributed by atoms with Crippen LogP contribution < -0.4 is 0 Å². The van der Waals surface area contributed by atoms with E-state index in [9.17, 15) is 9.90 Å². The van der Waals surface area contributed by atoms with Crippen LogP contribution in [0.1, 0.15) is 29.8 Å². The lowest BCUT2D eigenvalue weighted by Gasteiger charge is -2.37. The molecule has 1 fully saturated rings. The number of ether oxygens (including phenoxy) is 1. The molecule has 1 aliphatic rings. The van der Waals surface area contributed by atoms with E-state index in [-0.39, 0.29) is 12.0 Å². The van der Waals surface area contributed by atoms with E-state index in [1.54, 1.807) is 0 Å². The fourth-order valence-electron chi connectivity index (χ4n) is 4.00. The van der Waals surface area contributed by atoms with Crippen molar-refractivity contribution in [2.24, 2.45) is 5.92 Å². The standard InChI is InChI=1S/C25H34N2O3/c1-20(2)16-27(25(29)22-11-7-4-8-12-22)19-24-18-26(13-14-30-24)17-23(28)15-21-9-5-3-6-10-21/h3-12,20,23-24,28H,13-19H2,1-2H3/t23-,24+/m1/s1. The fraction of sp³-hybridized carbons (Fsp3) is 0.480. The van der Waals surface area contributed by atoms with Crippen molar-refractivity contribution in [2.75, 3.05) is 39.3 Å². The molecular weight excluding hydrogens is 376 g/mol. The van der Waals surface area contributed by atoms with Gasteiger partial charge in [0.05, 0.1) is 18.8 Å². The van der Waals surface area contributed by atoms with Crippen LogP contribution in [0.25, 0.3) is 0 Å². The molecule has 0 radical (unpaired) electrons. The third kappa shape index (κ3) is 6.94. The van der Waals surface area contributed by atoms with Crippen LogP contribution in [-0.4, -0.2) is 72.4 Å². The Kier molecular flexibility index (Phi) is 8.43. The predicted octanol–water partition coefficient (Wildman–Crippen LogP) is 3.09. The molecule has 30 heavy (non-hydrogen) atoms. The van der Waals surface area contributed by atoms with Gasteiger partial charge in [-0.25, -0.2) is 0 Å². The third-order valence-electron chi connectivity index (χ3n) is 5.32. The Balaban J connectivity index is 1.56. The normalized spacial score (nSPS) is 18.3. The van der Waals surface area contributed by atoms with Crippen molar-refractivity contribution in [1.82, 2.24) is 9.80 Å². The first-order valence-electron chi connectivity index (χ1n) is 10.9. The highest BCUT2D eigenvalue weighted by molar-refractivity contribution is 5.94. The van der Waals surface area contributed by atoms with Crippen LogP contribution in [0, 0.1) is 5.92 Å². The summed E-state index contributed by atoms with van der Waals surface area (Å²) in [6.45, 7) is 8.28. The van der Waals surface area contributed by atoms with Gasteiger partial charge in [0, 0.05) is 38.3 Å². The maximum Gasteiger partial charge on any atom is 0.253 e. The number of hydrogen-bond donors (Lipinski definition) is 1. The zero-order valence-corrected chi connectivity index (χ0v) is 18.1. The quantitative estimate of drug-likeness (QED) is 0.690. The summed E-state index contributed by atoms with van der Waals surface area (Å²) in [7, 11) is 0. The molecule has 5 heteroatoms. The minimum atomic E-state index is -0.413. The number of carbonyl (C=O) groups is 1. The average Bonchev–Trinajstić information content (AvgIpc) is 2.74. The van der Waals surface area contributed by atoms with E-state index in [1.165, 1.54) is 0 Å². The number of morpholine rings is 1. The first-order chi connectivity index (χ1) is 14.5. The van der Waals surface area contributed by atoms with Crippen LogP contribution in [0.2, 0.25) is 0 Å². The highest BCUT2D eigenvalue weighted by Gasteiger charge is 2.27. The SMILES string of the molecule is CC(C)CN(C[C@@H]1CN(C[C@H](O)Cc2ccccc2)CCO1)C(=O)c1ccccc1. The molecule has 0 spiro atoms. The van der Waals surface area contributed by atoms with E-state index in [2.05, 4.69) is 18.7 Å². The van der Waals surface area contributed by atoms with Gasteiger partial charge in [-0.15, -0.1) is 0 Å². The van der Waals surface area contributed by atoms with Crippen molar-refractivity contribution in [2.45, 2.75) is 32.5 Å². The number of β-amino-alcohol motifs (C(OH)–C–C–N with tert-alkyl or cyclic N) is 1. The average molecular weight is 411 g/mol. The molecule has 1 heterocycles. The molecule has 2 atom stereocenters. The van der Waals surface area contributed by atoms with Gasteiger partial charge in [0.15, 0.2) is 0 Å². The Morgan fingerprint density at radius 1 is 1.13 bits per heavy atom. The number of carbonyl (C=O) groups excluding carboxylic acids is 1. The van der Waals surface area contributed by atoms with E-state index >= 15 is 0 Å². The predicted molar refractivity (Wildman–Crippen MR) is 120 cm³/mol. The lowest BCUT2D eigenvalue weighted by molar-refractivity contribution is -0.0510. The molecule has 1 saturated heterocycles. The number of aliphatic hydroxyl groups is 1. The number of benzene rings is 2. The molecule has 162 valence electrons. The molecule has 0 aromatic heterocycles. The Hall–Kier alpha value is -2.21. The molecule has 1 aliphatic heterocycles. The number of nitrogens with zero attached hydrogens (tertiary/aromatic N) is 2. The lowest BCUT2D eigenvalue weighted by atomic mass is 10.1. The number of amides is 1. The molecule has 3 rings (SSSR count). The van der Waals surface area contributed by atoms with Gasteiger partial charge in [0.2, 0.25) is 0 Å². The number of rotatable bonds is 9. The second-order valence-corrected chi connectivity index (χ2v) is 8.57. The summed E-state index contributed by atoms with van der Waals surface area (Å²) in [5.41, 5.74) is 1.86. The van der Waals surface area contributed by atoms with Gasteiger partial charge in [0.1, 0.15) is 0 Å². The van der Waals surface area contributed by atoms with Crippen molar-refractivity contribution in [3.05, 3.63) is 71.8 Å². The van der Waals surface area contributed by atoms with E-state index in [4.69, 9.17) is 4.74 Å². The molecule has 0 bridgehead atoms. The summed E-state index contributed by atoms with van der Waals surface area (Å²) >= 11 is 0. The van der Waals surface area contributed by atoms with Gasteiger partial charge in [-0.3, -0.25) is 9.69 Å². The van der Waals surface area contributed by atoms with Gasteiger partial charge >= 0.3 is 0 Å². The Morgan fingerprint density at radius 2 is 1.80 bits per heavy atom. The highest BCUT2D eigenvalue weighted by atomic mass is 16.5. The van der Waals surface area contributed by atoms with Crippen LogP contribution in [0.15, 0.2) is 60.7 Å². The summed E-state index contributed by atoms with van der Waals surface area (Å²) in [6, 6.07) is 19.5. The van der Waals surface area contributed by atoms with E-state index in [0.29, 0.717) is 44.1 Å². The summed E-state index contributed by atoms with van der Waals surface area (Å²) in [5, 5.41) is 10.5. The van der Waals surface area contributed by atoms with Crippen molar-refractivity contribution in [1.29, 1.82) is 0 Å². The smallest absolute Gasteiger partial charge is 0.253 e. The molecular formula is C25H34N2O3.